The van der Waals surface area contributed by atoms with Gasteiger partial charge in [-0.15, -0.1) is 24.8 Å². The monoisotopic (exact) mass is 448 g/mol. The molecule has 0 saturated carbocycles. The number of benzene rings is 1. The van der Waals surface area contributed by atoms with Gasteiger partial charge in [0.25, 0.3) is 5.91 Å². The number of halogens is 2. The molecule has 0 spiro atoms. The second-order valence-corrected chi connectivity index (χ2v) is 7.00. The maximum atomic E-state index is 12.4. The summed E-state index contributed by atoms with van der Waals surface area (Å²) in [5.74, 6) is 0.706. The molecular formula is C19H30Cl2N4O4. The van der Waals surface area contributed by atoms with Gasteiger partial charge in [0.05, 0.1) is 19.3 Å². The van der Waals surface area contributed by atoms with Gasteiger partial charge in [0, 0.05) is 51.4 Å². The molecule has 2 unspecified atom stereocenters. The van der Waals surface area contributed by atoms with Crippen molar-refractivity contribution in [1.82, 2.24) is 20.4 Å². The van der Waals surface area contributed by atoms with Crippen molar-refractivity contribution in [3.05, 3.63) is 29.8 Å². The number of carbonyl (C=O) groups is 2. The van der Waals surface area contributed by atoms with E-state index < -0.39 is 6.10 Å². The lowest BCUT2D eigenvalue weighted by Gasteiger charge is -2.35. The Hall–Kier alpha value is -1.58. The predicted octanol–water partition coefficient (Wildman–Crippen LogP) is 0.136. The van der Waals surface area contributed by atoms with E-state index in [0.717, 1.165) is 25.4 Å². The standard InChI is InChI=1S/C19H28N4O4.2ClH/c1-27-16-4-2-14(3-5-16)18(25)20-6-7-22-8-10-23(11-9-22)19(26)17-12-15(24)13-21-17;;/h2-5,15,17,21,24H,6-13H2,1H3,(H,20,25);2*1H. The molecule has 0 aliphatic carbocycles. The molecular weight excluding hydrogens is 419 g/mol. The molecule has 3 N–H and O–H groups in total. The molecule has 1 aromatic carbocycles. The number of methoxy groups -OCH3 is 1. The van der Waals surface area contributed by atoms with E-state index in [4.69, 9.17) is 4.74 Å². The summed E-state index contributed by atoms with van der Waals surface area (Å²) in [5, 5.41) is 15.6. The molecule has 2 aliphatic heterocycles. The van der Waals surface area contributed by atoms with Gasteiger partial charge in [0.2, 0.25) is 5.91 Å². The lowest BCUT2D eigenvalue weighted by Crippen LogP contribution is -2.53. The van der Waals surface area contributed by atoms with Crippen LogP contribution in [0.4, 0.5) is 0 Å². The molecule has 2 aliphatic rings. The van der Waals surface area contributed by atoms with Crippen LogP contribution in [0.2, 0.25) is 0 Å². The molecule has 0 radical (unpaired) electrons. The van der Waals surface area contributed by atoms with Crippen molar-refractivity contribution in [2.45, 2.75) is 18.6 Å². The Kier molecular flexibility index (Phi) is 10.7. The summed E-state index contributed by atoms with van der Waals surface area (Å²) < 4.78 is 5.09. The number of piperazine rings is 1. The highest BCUT2D eigenvalue weighted by Crippen LogP contribution is 2.12. The Morgan fingerprint density at radius 3 is 2.38 bits per heavy atom. The van der Waals surface area contributed by atoms with Crippen LogP contribution in [0.5, 0.6) is 5.75 Å². The Morgan fingerprint density at radius 1 is 1.17 bits per heavy atom. The molecule has 0 aromatic heterocycles. The summed E-state index contributed by atoms with van der Waals surface area (Å²) in [6.07, 6.45) is 0.0748. The molecule has 3 rings (SSSR count). The SMILES string of the molecule is COc1ccc(C(=O)NCCN2CCN(C(=O)C3CC(O)CN3)CC2)cc1.Cl.Cl. The van der Waals surface area contributed by atoms with Crippen LogP contribution in [0.1, 0.15) is 16.8 Å². The van der Waals surface area contributed by atoms with Crippen molar-refractivity contribution in [2.24, 2.45) is 0 Å². The third-order valence-electron chi connectivity index (χ3n) is 5.16. The molecule has 0 bridgehead atoms. The largest absolute Gasteiger partial charge is 0.497 e. The number of rotatable bonds is 6. The maximum Gasteiger partial charge on any atom is 0.251 e. The first kappa shape index (κ1) is 25.5. The number of nitrogens with zero attached hydrogens (tertiary/aromatic N) is 2. The number of hydrogen-bond acceptors (Lipinski definition) is 6. The summed E-state index contributed by atoms with van der Waals surface area (Å²) in [4.78, 5) is 28.7. The van der Waals surface area contributed by atoms with E-state index in [1.165, 1.54) is 0 Å². The van der Waals surface area contributed by atoms with Crippen molar-refractivity contribution in [2.75, 3.05) is 52.9 Å². The highest BCUT2D eigenvalue weighted by atomic mass is 35.5. The van der Waals surface area contributed by atoms with Gasteiger partial charge in [-0.1, -0.05) is 0 Å². The van der Waals surface area contributed by atoms with E-state index in [2.05, 4.69) is 15.5 Å². The van der Waals surface area contributed by atoms with E-state index in [0.29, 0.717) is 38.2 Å². The highest BCUT2D eigenvalue weighted by molar-refractivity contribution is 5.94. The second kappa shape index (κ2) is 12.2. The van der Waals surface area contributed by atoms with Gasteiger partial charge in [0.1, 0.15) is 5.75 Å². The van der Waals surface area contributed by atoms with E-state index >= 15 is 0 Å². The first-order valence-electron chi connectivity index (χ1n) is 9.41. The molecule has 2 amide bonds. The summed E-state index contributed by atoms with van der Waals surface area (Å²) in [6, 6.07) is 6.77. The molecule has 1 aromatic rings. The minimum absolute atomic E-state index is 0. The fraction of sp³-hybridized carbons (Fsp3) is 0.579. The number of aliphatic hydroxyl groups excluding tert-OH is 1. The van der Waals surface area contributed by atoms with Crippen molar-refractivity contribution in [3.8, 4) is 5.75 Å². The average Bonchev–Trinajstić information content (AvgIpc) is 3.14. The Balaban J connectivity index is 0.00000210. The van der Waals surface area contributed by atoms with Gasteiger partial charge < -0.3 is 25.4 Å². The van der Waals surface area contributed by atoms with E-state index in [-0.39, 0.29) is 42.7 Å². The Bertz CT molecular complexity index is 654. The molecule has 2 heterocycles. The zero-order chi connectivity index (χ0) is 19.2. The van der Waals surface area contributed by atoms with E-state index in [1.807, 2.05) is 4.90 Å². The van der Waals surface area contributed by atoms with Crippen molar-refractivity contribution < 1.29 is 19.4 Å². The Morgan fingerprint density at radius 2 is 1.83 bits per heavy atom. The van der Waals surface area contributed by atoms with Gasteiger partial charge in [0.15, 0.2) is 0 Å². The number of β-amino-alcohol motifs (C(OH)–C–C–N with tert-alkyl or cyclic N) is 1. The lowest BCUT2D eigenvalue weighted by atomic mass is 10.1. The first-order chi connectivity index (χ1) is 13.1. The third-order valence-corrected chi connectivity index (χ3v) is 5.16. The van der Waals surface area contributed by atoms with Crippen LogP contribution in [0.15, 0.2) is 24.3 Å². The first-order valence-corrected chi connectivity index (χ1v) is 9.41. The van der Waals surface area contributed by atoms with Crippen molar-refractivity contribution in [1.29, 1.82) is 0 Å². The summed E-state index contributed by atoms with van der Waals surface area (Å²) in [6.45, 7) is 4.75. The topological polar surface area (TPSA) is 94.1 Å². The van der Waals surface area contributed by atoms with Crippen LogP contribution in [-0.2, 0) is 4.79 Å². The zero-order valence-corrected chi connectivity index (χ0v) is 18.1. The number of carbonyl (C=O) groups excluding carboxylic acids is 2. The average molecular weight is 449 g/mol. The molecule has 29 heavy (non-hydrogen) atoms. The number of aliphatic hydroxyl groups is 1. The minimum Gasteiger partial charge on any atom is -0.497 e. The third kappa shape index (κ3) is 7.01. The van der Waals surface area contributed by atoms with Gasteiger partial charge in [-0.25, -0.2) is 0 Å². The van der Waals surface area contributed by atoms with Gasteiger partial charge in [-0.05, 0) is 30.7 Å². The van der Waals surface area contributed by atoms with E-state index in [9.17, 15) is 14.7 Å². The number of hydrogen-bond donors (Lipinski definition) is 3. The van der Waals surface area contributed by atoms with Crippen LogP contribution in [0.3, 0.4) is 0 Å². The Labute approximate surface area is 183 Å². The van der Waals surface area contributed by atoms with Crippen LogP contribution >= 0.6 is 24.8 Å². The maximum absolute atomic E-state index is 12.4. The predicted molar refractivity (Wildman–Crippen MR) is 115 cm³/mol. The fourth-order valence-electron chi connectivity index (χ4n) is 3.49. The smallest absolute Gasteiger partial charge is 0.251 e. The van der Waals surface area contributed by atoms with Crippen molar-refractivity contribution in [3.63, 3.8) is 0 Å². The molecule has 2 fully saturated rings. The van der Waals surface area contributed by atoms with Crippen molar-refractivity contribution >= 4 is 36.6 Å². The zero-order valence-electron chi connectivity index (χ0n) is 16.5. The molecule has 2 atom stereocenters. The summed E-state index contributed by atoms with van der Waals surface area (Å²) in [7, 11) is 1.59. The quantitative estimate of drug-likeness (QED) is 0.572. The molecule has 8 nitrogen and oxygen atoms in total. The molecule has 2 saturated heterocycles. The summed E-state index contributed by atoms with van der Waals surface area (Å²) >= 11 is 0. The molecule has 164 valence electrons. The van der Waals surface area contributed by atoms with Crippen LogP contribution in [0, 0.1) is 0 Å². The lowest BCUT2D eigenvalue weighted by molar-refractivity contribution is -0.135. The van der Waals surface area contributed by atoms with Gasteiger partial charge >= 0.3 is 0 Å². The van der Waals surface area contributed by atoms with Crippen LogP contribution in [-0.4, -0.2) is 91.8 Å². The van der Waals surface area contributed by atoms with Crippen LogP contribution < -0.4 is 15.4 Å². The van der Waals surface area contributed by atoms with Gasteiger partial charge in [-0.2, -0.15) is 0 Å². The minimum atomic E-state index is -0.422. The highest BCUT2D eigenvalue weighted by Gasteiger charge is 2.32. The summed E-state index contributed by atoms with van der Waals surface area (Å²) in [5.41, 5.74) is 0.609. The van der Waals surface area contributed by atoms with E-state index in [1.54, 1.807) is 31.4 Å². The van der Waals surface area contributed by atoms with Gasteiger partial charge in [-0.3, -0.25) is 14.5 Å². The van der Waals surface area contributed by atoms with Crippen LogP contribution in [0.25, 0.3) is 0 Å². The second-order valence-electron chi connectivity index (χ2n) is 7.00. The fourth-order valence-corrected chi connectivity index (χ4v) is 3.49. The number of amides is 2. The molecule has 10 heteroatoms. The number of ether oxygens (including phenoxy) is 1. The number of nitrogens with one attached hydrogen (secondary N) is 2. The normalized spacial score (nSPS) is 21.7.